The smallest absolute Gasteiger partial charge is 0.344 e. The molecule has 1 saturated heterocycles. The minimum atomic E-state index is -0.133. The van der Waals surface area contributed by atoms with Crippen molar-refractivity contribution in [2.45, 2.75) is 44.5 Å². The number of aromatic amines is 1. The maximum Gasteiger partial charge on any atom is 0.344 e. The Balaban J connectivity index is 2.03. The monoisotopic (exact) mass is 257 g/mol. The number of hydrogen-bond donors (Lipinski definition) is 1. The molecule has 0 radical (unpaired) electrons. The Morgan fingerprint density at radius 1 is 1.65 bits per heavy atom. The Morgan fingerprint density at radius 3 is 3.12 bits per heavy atom. The summed E-state index contributed by atoms with van der Waals surface area (Å²) in [6.45, 7) is 5.74. The zero-order valence-electron chi connectivity index (χ0n) is 10.3. The summed E-state index contributed by atoms with van der Waals surface area (Å²) in [7, 11) is 0. The summed E-state index contributed by atoms with van der Waals surface area (Å²) in [4.78, 5) is 11.6. The summed E-state index contributed by atoms with van der Waals surface area (Å²) < 4.78 is 7.25. The van der Waals surface area contributed by atoms with E-state index in [-0.39, 0.29) is 11.8 Å². The molecular formula is C11H19N3O2S. The quantitative estimate of drug-likeness (QED) is 0.812. The molecule has 2 heterocycles. The molecule has 0 saturated carbocycles. The van der Waals surface area contributed by atoms with E-state index >= 15 is 0 Å². The standard InChI is InChI=1S/C11H19N3O2S/c1-8(2)7-17-11-13-12-10(15)14(11)6-9-4-3-5-16-9/h8-9H,3-7H2,1-2H3,(H,12,15). The highest BCUT2D eigenvalue weighted by Gasteiger charge is 2.19. The Morgan fingerprint density at radius 2 is 2.47 bits per heavy atom. The van der Waals surface area contributed by atoms with Gasteiger partial charge in [-0.2, -0.15) is 0 Å². The molecule has 5 nitrogen and oxygen atoms in total. The van der Waals surface area contributed by atoms with Gasteiger partial charge in [0.25, 0.3) is 0 Å². The van der Waals surface area contributed by atoms with E-state index in [2.05, 4.69) is 24.0 Å². The van der Waals surface area contributed by atoms with Crippen molar-refractivity contribution < 1.29 is 4.74 Å². The van der Waals surface area contributed by atoms with Crippen molar-refractivity contribution in [1.82, 2.24) is 14.8 Å². The maximum absolute atomic E-state index is 11.6. The fourth-order valence-corrected chi connectivity index (χ4v) is 2.71. The minimum Gasteiger partial charge on any atom is -0.376 e. The lowest BCUT2D eigenvalue weighted by Gasteiger charge is -2.11. The molecule has 17 heavy (non-hydrogen) atoms. The molecule has 1 aliphatic heterocycles. The summed E-state index contributed by atoms with van der Waals surface area (Å²) >= 11 is 1.62. The molecule has 0 aromatic carbocycles. The third kappa shape index (κ3) is 3.35. The molecule has 1 N–H and O–H groups in total. The van der Waals surface area contributed by atoms with Gasteiger partial charge in [-0.05, 0) is 18.8 Å². The largest absolute Gasteiger partial charge is 0.376 e. The third-order valence-electron chi connectivity index (χ3n) is 2.68. The Hall–Kier alpha value is -0.750. The fraction of sp³-hybridized carbons (Fsp3) is 0.818. The van der Waals surface area contributed by atoms with Gasteiger partial charge in [-0.15, -0.1) is 5.10 Å². The SMILES string of the molecule is CC(C)CSc1n[nH]c(=O)n1CC1CCCO1. The maximum atomic E-state index is 11.6. The average Bonchev–Trinajstić information content (AvgIpc) is 2.89. The van der Waals surface area contributed by atoms with E-state index in [1.165, 1.54) is 0 Å². The molecule has 0 amide bonds. The predicted molar refractivity (Wildman–Crippen MR) is 67.4 cm³/mol. The molecule has 1 atom stereocenters. The topological polar surface area (TPSA) is 59.9 Å². The second-order valence-electron chi connectivity index (χ2n) is 4.76. The van der Waals surface area contributed by atoms with Crippen LogP contribution < -0.4 is 5.69 Å². The van der Waals surface area contributed by atoms with E-state index in [0.29, 0.717) is 12.5 Å². The Bertz CT molecular complexity index is 407. The van der Waals surface area contributed by atoms with Crippen LogP contribution in [0.1, 0.15) is 26.7 Å². The first-order valence-corrected chi connectivity index (χ1v) is 7.05. The number of nitrogens with zero attached hydrogens (tertiary/aromatic N) is 2. The number of aromatic nitrogens is 3. The van der Waals surface area contributed by atoms with E-state index in [0.717, 1.165) is 30.4 Å². The van der Waals surface area contributed by atoms with Gasteiger partial charge < -0.3 is 4.74 Å². The lowest BCUT2D eigenvalue weighted by Crippen LogP contribution is -2.25. The molecule has 96 valence electrons. The highest BCUT2D eigenvalue weighted by molar-refractivity contribution is 7.99. The van der Waals surface area contributed by atoms with Crippen LogP contribution in [0, 0.1) is 5.92 Å². The van der Waals surface area contributed by atoms with Gasteiger partial charge in [-0.25, -0.2) is 9.89 Å². The van der Waals surface area contributed by atoms with Gasteiger partial charge in [0.1, 0.15) is 0 Å². The van der Waals surface area contributed by atoms with Crippen molar-refractivity contribution in [1.29, 1.82) is 0 Å². The van der Waals surface area contributed by atoms with Gasteiger partial charge >= 0.3 is 5.69 Å². The zero-order valence-corrected chi connectivity index (χ0v) is 11.1. The van der Waals surface area contributed by atoms with Crippen molar-refractivity contribution in [2.75, 3.05) is 12.4 Å². The van der Waals surface area contributed by atoms with Gasteiger partial charge in [-0.1, -0.05) is 25.6 Å². The molecule has 1 fully saturated rings. The number of hydrogen-bond acceptors (Lipinski definition) is 4. The molecule has 0 spiro atoms. The Labute approximate surface area is 105 Å². The van der Waals surface area contributed by atoms with Crippen molar-refractivity contribution in [3.8, 4) is 0 Å². The highest BCUT2D eigenvalue weighted by atomic mass is 32.2. The summed E-state index contributed by atoms with van der Waals surface area (Å²) in [5.74, 6) is 1.55. The fourth-order valence-electron chi connectivity index (χ4n) is 1.81. The van der Waals surface area contributed by atoms with Crippen molar-refractivity contribution >= 4 is 11.8 Å². The molecule has 1 aromatic heterocycles. The number of H-pyrrole nitrogens is 1. The number of nitrogens with one attached hydrogen (secondary N) is 1. The third-order valence-corrected chi connectivity index (χ3v) is 4.08. The first kappa shape index (κ1) is 12.7. The molecule has 1 unspecified atom stereocenters. The minimum absolute atomic E-state index is 0.133. The number of thioether (sulfide) groups is 1. The number of ether oxygens (including phenoxy) is 1. The summed E-state index contributed by atoms with van der Waals surface area (Å²) in [5.41, 5.74) is -0.133. The van der Waals surface area contributed by atoms with Gasteiger partial charge in [0.05, 0.1) is 12.6 Å². The van der Waals surface area contributed by atoms with Crippen LogP contribution in [0.3, 0.4) is 0 Å². The van der Waals surface area contributed by atoms with Crippen molar-refractivity contribution in [2.24, 2.45) is 5.92 Å². The first-order valence-electron chi connectivity index (χ1n) is 6.06. The lowest BCUT2D eigenvalue weighted by molar-refractivity contribution is 0.0941. The molecule has 1 aliphatic rings. The lowest BCUT2D eigenvalue weighted by atomic mass is 10.2. The average molecular weight is 257 g/mol. The van der Waals surface area contributed by atoms with Crippen LogP contribution in [0.25, 0.3) is 0 Å². The molecular weight excluding hydrogens is 238 g/mol. The van der Waals surface area contributed by atoms with Crippen LogP contribution in [-0.4, -0.2) is 33.2 Å². The highest BCUT2D eigenvalue weighted by Crippen LogP contribution is 2.19. The van der Waals surface area contributed by atoms with E-state index in [1.54, 1.807) is 16.3 Å². The van der Waals surface area contributed by atoms with Crippen LogP contribution in [0.4, 0.5) is 0 Å². The Kier molecular flexibility index (Phi) is 4.28. The van der Waals surface area contributed by atoms with Crippen LogP contribution in [0.2, 0.25) is 0 Å². The van der Waals surface area contributed by atoms with Crippen LogP contribution in [-0.2, 0) is 11.3 Å². The van der Waals surface area contributed by atoms with Crippen LogP contribution in [0.15, 0.2) is 9.95 Å². The molecule has 0 bridgehead atoms. The van der Waals surface area contributed by atoms with Gasteiger partial charge in [0.15, 0.2) is 5.16 Å². The second kappa shape index (κ2) is 5.73. The molecule has 1 aromatic rings. The summed E-state index contributed by atoms with van der Waals surface area (Å²) in [6.07, 6.45) is 2.29. The molecule has 2 rings (SSSR count). The zero-order chi connectivity index (χ0) is 12.3. The van der Waals surface area contributed by atoms with Gasteiger partial charge in [-0.3, -0.25) is 4.57 Å². The van der Waals surface area contributed by atoms with E-state index in [1.807, 2.05) is 0 Å². The van der Waals surface area contributed by atoms with E-state index < -0.39 is 0 Å². The molecule has 0 aliphatic carbocycles. The van der Waals surface area contributed by atoms with Crippen LogP contribution in [0.5, 0.6) is 0 Å². The first-order chi connectivity index (χ1) is 8.16. The predicted octanol–water partition coefficient (Wildman–Crippen LogP) is 1.50. The number of rotatable bonds is 5. The van der Waals surface area contributed by atoms with Crippen molar-refractivity contribution in [3.05, 3.63) is 10.5 Å². The van der Waals surface area contributed by atoms with Gasteiger partial charge in [0.2, 0.25) is 0 Å². The van der Waals surface area contributed by atoms with Gasteiger partial charge in [0, 0.05) is 12.4 Å². The van der Waals surface area contributed by atoms with E-state index in [4.69, 9.17) is 4.74 Å². The second-order valence-corrected chi connectivity index (χ2v) is 5.75. The molecule has 6 heteroatoms. The van der Waals surface area contributed by atoms with Crippen LogP contribution >= 0.6 is 11.8 Å². The van der Waals surface area contributed by atoms with Crippen molar-refractivity contribution in [3.63, 3.8) is 0 Å². The summed E-state index contributed by atoms with van der Waals surface area (Å²) in [6, 6.07) is 0. The summed E-state index contributed by atoms with van der Waals surface area (Å²) in [5, 5.41) is 7.36. The van der Waals surface area contributed by atoms with E-state index in [9.17, 15) is 4.79 Å². The normalized spacial score (nSPS) is 20.3.